The number of halogens is 2. The average Bonchev–Trinajstić information content (AvgIpc) is 3.06. The fourth-order valence-electron chi connectivity index (χ4n) is 2.75. The number of anilines is 2. The summed E-state index contributed by atoms with van der Waals surface area (Å²) in [5, 5.41) is 5.16. The molecule has 4 aromatic rings. The zero-order chi connectivity index (χ0) is 19.7. The maximum absolute atomic E-state index is 6.35. The number of nitrogens with one attached hydrogen (secondary N) is 1. The van der Waals surface area contributed by atoms with Gasteiger partial charge in [-0.25, -0.2) is 19.9 Å². The van der Waals surface area contributed by atoms with Gasteiger partial charge in [0.15, 0.2) is 5.82 Å². The molecule has 0 saturated heterocycles. The number of pyridine rings is 1. The highest BCUT2D eigenvalue weighted by Gasteiger charge is 2.16. The first-order chi connectivity index (χ1) is 13.5. The number of benzene rings is 1. The number of rotatable bonds is 5. The smallest absolute Gasteiger partial charge is 0.151 e. The van der Waals surface area contributed by atoms with Crippen LogP contribution in [-0.4, -0.2) is 38.9 Å². The quantitative estimate of drug-likeness (QED) is 0.465. The van der Waals surface area contributed by atoms with Crippen molar-refractivity contribution in [2.75, 3.05) is 19.4 Å². The van der Waals surface area contributed by atoms with Gasteiger partial charge in [-0.05, 0) is 32.3 Å². The molecule has 0 aliphatic rings. The molecule has 0 unspecified atom stereocenters. The van der Waals surface area contributed by atoms with E-state index in [1.807, 2.05) is 37.2 Å². The molecule has 0 aliphatic carbocycles. The predicted molar refractivity (Wildman–Crippen MR) is 116 cm³/mol. The summed E-state index contributed by atoms with van der Waals surface area (Å²) < 4.78 is 0.904. The first-order valence-corrected chi connectivity index (χ1v) is 10.0. The molecule has 9 heteroatoms. The molecule has 0 fully saturated rings. The summed E-state index contributed by atoms with van der Waals surface area (Å²) in [5.74, 6) is 1.36. The molecule has 3 heterocycles. The van der Waals surface area contributed by atoms with Crippen LogP contribution in [0.5, 0.6) is 0 Å². The van der Waals surface area contributed by atoms with Crippen LogP contribution in [0.25, 0.3) is 20.8 Å². The molecule has 4 rings (SSSR count). The van der Waals surface area contributed by atoms with Crippen molar-refractivity contribution in [3.63, 3.8) is 0 Å². The Bertz CT molecular complexity index is 1120. The lowest BCUT2D eigenvalue weighted by molar-refractivity contribution is 0.396. The summed E-state index contributed by atoms with van der Waals surface area (Å²) >= 11 is 14.2. The summed E-state index contributed by atoms with van der Waals surface area (Å²) in [6.45, 7) is 0.727. The monoisotopic (exact) mass is 430 g/mol. The van der Waals surface area contributed by atoms with E-state index < -0.39 is 0 Å². The molecule has 0 radical (unpaired) electrons. The molecular weight excluding hydrogens is 415 g/mol. The van der Waals surface area contributed by atoms with Crippen molar-refractivity contribution in [1.29, 1.82) is 0 Å². The second-order valence-electron chi connectivity index (χ2n) is 6.38. The lowest BCUT2D eigenvalue weighted by Crippen LogP contribution is -2.12. The van der Waals surface area contributed by atoms with Gasteiger partial charge in [0.25, 0.3) is 0 Å². The van der Waals surface area contributed by atoms with Gasteiger partial charge in [-0.2, -0.15) is 0 Å². The summed E-state index contributed by atoms with van der Waals surface area (Å²) in [7, 11) is 3.99. The van der Waals surface area contributed by atoms with E-state index in [4.69, 9.17) is 28.2 Å². The number of nitrogens with zero attached hydrogens (tertiary/aromatic N) is 5. The number of fused-ring (bicyclic) bond motifs is 1. The predicted octanol–water partition coefficient (Wildman–Crippen LogP) is 5.26. The molecule has 1 N–H and O–H groups in total. The van der Waals surface area contributed by atoms with Gasteiger partial charge >= 0.3 is 0 Å². The second kappa shape index (κ2) is 7.97. The van der Waals surface area contributed by atoms with Crippen LogP contribution < -0.4 is 5.32 Å². The van der Waals surface area contributed by atoms with Crippen molar-refractivity contribution in [3.8, 4) is 10.6 Å². The molecule has 1 aromatic carbocycles. The lowest BCUT2D eigenvalue weighted by Gasteiger charge is -2.10. The van der Waals surface area contributed by atoms with E-state index >= 15 is 0 Å². The van der Waals surface area contributed by atoms with Crippen molar-refractivity contribution in [1.82, 2.24) is 24.8 Å². The van der Waals surface area contributed by atoms with Crippen molar-refractivity contribution in [2.24, 2.45) is 0 Å². The third-order valence-corrected chi connectivity index (χ3v) is 5.65. The average molecular weight is 431 g/mol. The van der Waals surface area contributed by atoms with Crippen molar-refractivity contribution in [3.05, 3.63) is 58.6 Å². The highest BCUT2D eigenvalue weighted by Crippen LogP contribution is 2.40. The van der Waals surface area contributed by atoms with Crippen LogP contribution in [0, 0.1) is 0 Å². The van der Waals surface area contributed by atoms with E-state index in [0.29, 0.717) is 21.7 Å². The Hall–Kier alpha value is -2.32. The molecule has 0 aliphatic heterocycles. The molecule has 0 bridgehead atoms. The number of thiazole rings is 1. The van der Waals surface area contributed by atoms with Gasteiger partial charge in [-0.15, -0.1) is 11.3 Å². The van der Waals surface area contributed by atoms with Crippen molar-refractivity contribution < 1.29 is 0 Å². The van der Waals surface area contributed by atoms with E-state index in [1.165, 1.54) is 11.3 Å². The fourth-order valence-corrected chi connectivity index (χ4v) is 4.52. The van der Waals surface area contributed by atoms with E-state index in [0.717, 1.165) is 33.0 Å². The highest BCUT2D eigenvalue weighted by atomic mass is 35.5. The van der Waals surface area contributed by atoms with Crippen LogP contribution >= 0.6 is 34.5 Å². The molecule has 142 valence electrons. The molecule has 6 nitrogen and oxygen atoms in total. The Morgan fingerprint density at radius 1 is 1.07 bits per heavy atom. The largest absolute Gasteiger partial charge is 0.324 e. The van der Waals surface area contributed by atoms with Gasteiger partial charge in [0.05, 0.1) is 26.0 Å². The van der Waals surface area contributed by atoms with E-state index in [9.17, 15) is 0 Å². The molecule has 0 amide bonds. The Labute approximate surface area is 176 Å². The fraction of sp³-hybridized carbons (Fsp3) is 0.158. The summed E-state index contributed by atoms with van der Waals surface area (Å²) in [4.78, 5) is 19.8. The first-order valence-electron chi connectivity index (χ1n) is 8.44. The van der Waals surface area contributed by atoms with Gasteiger partial charge in [-0.3, -0.25) is 0 Å². The van der Waals surface area contributed by atoms with Crippen LogP contribution in [0.2, 0.25) is 10.0 Å². The summed E-state index contributed by atoms with van der Waals surface area (Å²) in [6.07, 6.45) is 3.26. The molecule has 0 spiro atoms. The molecule has 0 atom stereocenters. The van der Waals surface area contributed by atoms with Crippen LogP contribution in [0.15, 0.2) is 42.9 Å². The standard InChI is InChI=1S/C19H16Cl2N6S/c1-27(2)9-11-8-15(24-10-23-11)26-18-17-14(6-7-22-18)25-19(28-17)16-12(20)4-3-5-13(16)21/h3-8,10H,9H2,1-2H3,(H,22,23,24,26). The van der Waals surface area contributed by atoms with Crippen molar-refractivity contribution in [2.45, 2.75) is 6.54 Å². The minimum atomic E-state index is 0.568. The minimum absolute atomic E-state index is 0.568. The Morgan fingerprint density at radius 3 is 2.61 bits per heavy atom. The summed E-state index contributed by atoms with van der Waals surface area (Å²) in [6, 6.07) is 9.20. The maximum Gasteiger partial charge on any atom is 0.151 e. The van der Waals surface area contributed by atoms with Gasteiger partial charge in [0.2, 0.25) is 0 Å². The van der Waals surface area contributed by atoms with Gasteiger partial charge in [-0.1, -0.05) is 29.3 Å². The zero-order valence-electron chi connectivity index (χ0n) is 15.1. The SMILES string of the molecule is CN(C)Cc1cc(Nc2nccc3nc(-c4c(Cl)cccc4Cl)sc23)ncn1. The van der Waals surface area contributed by atoms with Crippen LogP contribution in [0.3, 0.4) is 0 Å². The van der Waals surface area contributed by atoms with E-state index in [1.54, 1.807) is 24.7 Å². The Kier molecular flexibility index (Phi) is 5.41. The zero-order valence-corrected chi connectivity index (χ0v) is 17.5. The third-order valence-electron chi connectivity index (χ3n) is 3.93. The molecule has 28 heavy (non-hydrogen) atoms. The summed E-state index contributed by atoms with van der Waals surface area (Å²) in [5.41, 5.74) is 2.46. The Morgan fingerprint density at radius 2 is 1.86 bits per heavy atom. The third kappa shape index (κ3) is 3.93. The number of hydrogen-bond donors (Lipinski definition) is 1. The van der Waals surface area contributed by atoms with E-state index in [2.05, 4.69) is 20.3 Å². The van der Waals surface area contributed by atoms with Crippen molar-refractivity contribution >= 4 is 56.4 Å². The van der Waals surface area contributed by atoms with Gasteiger partial charge < -0.3 is 10.2 Å². The Balaban J connectivity index is 1.72. The number of aromatic nitrogens is 4. The van der Waals surface area contributed by atoms with Gasteiger partial charge in [0, 0.05) is 24.4 Å². The second-order valence-corrected chi connectivity index (χ2v) is 8.19. The molecule has 3 aromatic heterocycles. The van der Waals surface area contributed by atoms with Crippen LogP contribution in [0.4, 0.5) is 11.6 Å². The lowest BCUT2D eigenvalue weighted by atomic mass is 10.2. The number of hydrogen-bond acceptors (Lipinski definition) is 7. The highest BCUT2D eigenvalue weighted by molar-refractivity contribution is 7.22. The van der Waals surface area contributed by atoms with Crippen LogP contribution in [0.1, 0.15) is 5.69 Å². The van der Waals surface area contributed by atoms with E-state index in [-0.39, 0.29) is 0 Å². The molecular formula is C19H16Cl2N6S. The van der Waals surface area contributed by atoms with Gasteiger partial charge in [0.1, 0.15) is 17.2 Å². The molecule has 0 saturated carbocycles. The maximum atomic E-state index is 6.35. The first kappa shape index (κ1) is 19.0. The van der Waals surface area contributed by atoms with Crippen LogP contribution in [-0.2, 0) is 6.54 Å². The minimum Gasteiger partial charge on any atom is -0.324 e. The normalized spacial score (nSPS) is 11.3. The topological polar surface area (TPSA) is 66.8 Å².